The van der Waals surface area contributed by atoms with Crippen LogP contribution in [0.2, 0.25) is 0 Å². The predicted molar refractivity (Wildman–Crippen MR) is 114 cm³/mol. The van der Waals surface area contributed by atoms with E-state index in [1.54, 1.807) is 43.5 Å². The zero-order valence-corrected chi connectivity index (χ0v) is 16.9. The number of nitrogens with zero attached hydrogens (tertiary/aromatic N) is 3. The van der Waals surface area contributed by atoms with Crippen LogP contribution in [-0.2, 0) is 9.59 Å². The van der Waals surface area contributed by atoms with Crippen LogP contribution in [0.4, 0.5) is 5.69 Å². The molecule has 2 aromatic carbocycles. The van der Waals surface area contributed by atoms with Crippen molar-refractivity contribution in [1.29, 1.82) is 5.26 Å². The number of ether oxygens (including phenoxy) is 1. The third-order valence-electron chi connectivity index (χ3n) is 4.74. The van der Waals surface area contributed by atoms with Crippen LogP contribution in [0, 0.1) is 11.3 Å². The number of carbonyl (C=O) groups is 2. The van der Waals surface area contributed by atoms with Crippen molar-refractivity contribution in [1.82, 2.24) is 4.98 Å². The summed E-state index contributed by atoms with van der Waals surface area (Å²) in [4.78, 5) is 31.2. The number of hydrogen-bond acceptors (Lipinski definition) is 6. The molecule has 3 aromatic rings. The first-order valence-electron chi connectivity index (χ1n) is 9.25. The highest BCUT2D eigenvalue weighted by Gasteiger charge is 2.40. The molecule has 148 valence electrons. The van der Waals surface area contributed by atoms with Gasteiger partial charge in [0.15, 0.2) is 0 Å². The van der Waals surface area contributed by atoms with Crippen molar-refractivity contribution in [2.45, 2.75) is 16.7 Å². The number of pyridine rings is 1. The predicted octanol–water partition coefficient (Wildman–Crippen LogP) is 4.05. The van der Waals surface area contributed by atoms with Gasteiger partial charge in [0.2, 0.25) is 11.8 Å². The van der Waals surface area contributed by atoms with Gasteiger partial charge in [-0.3, -0.25) is 9.59 Å². The number of methoxy groups -OCH3 is 1. The summed E-state index contributed by atoms with van der Waals surface area (Å²) in [6, 6.07) is 21.8. The highest BCUT2D eigenvalue weighted by molar-refractivity contribution is 8.00. The van der Waals surface area contributed by atoms with E-state index >= 15 is 0 Å². The fourth-order valence-corrected chi connectivity index (χ4v) is 4.31. The lowest BCUT2D eigenvalue weighted by Crippen LogP contribution is -2.31. The molecule has 2 amide bonds. The standard InChI is InChI=1S/C23H17N3O3S/c1-29-18-10-7-15(8-11-18)19-12-9-16(14-24)22(25-19)30-20-13-21(27)26(23(20)28)17-5-3-2-4-6-17/h2-12,20H,13H2,1H3/t20-/m1/s1. The summed E-state index contributed by atoms with van der Waals surface area (Å²) in [7, 11) is 1.60. The molecular formula is C23H17N3O3S. The number of benzene rings is 2. The van der Waals surface area contributed by atoms with E-state index in [0.29, 0.717) is 22.0 Å². The smallest absolute Gasteiger partial charge is 0.247 e. The largest absolute Gasteiger partial charge is 0.497 e. The zero-order valence-electron chi connectivity index (χ0n) is 16.1. The molecule has 0 aliphatic carbocycles. The average Bonchev–Trinajstić information content (AvgIpc) is 3.07. The average molecular weight is 415 g/mol. The van der Waals surface area contributed by atoms with E-state index in [2.05, 4.69) is 11.1 Å². The highest BCUT2D eigenvalue weighted by atomic mass is 32.2. The third kappa shape index (κ3) is 3.78. The van der Waals surface area contributed by atoms with Crippen LogP contribution in [0.25, 0.3) is 11.3 Å². The van der Waals surface area contributed by atoms with Crippen LogP contribution in [0.15, 0.2) is 71.8 Å². The Kier molecular flexibility index (Phi) is 5.50. The van der Waals surface area contributed by atoms with Gasteiger partial charge < -0.3 is 4.74 Å². The molecule has 0 bridgehead atoms. The maximum atomic E-state index is 12.9. The molecule has 0 N–H and O–H groups in total. The molecule has 1 aliphatic rings. The summed E-state index contributed by atoms with van der Waals surface area (Å²) in [5.41, 5.74) is 2.46. The number of para-hydroxylation sites is 1. The van der Waals surface area contributed by atoms with Crippen LogP contribution < -0.4 is 9.64 Å². The van der Waals surface area contributed by atoms with Gasteiger partial charge in [0.25, 0.3) is 0 Å². The Morgan fingerprint density at radius 1 is 1.07 bits per heavy atom. The number of rotatable bonds is 5. The van der Waals surface area contributed by atoms with Crippen molar-refractivity contribution >= 4 is 29.3 Å². The first-order valence-corrected chi connectivity index (χ1v) is 10.1. The second-order valence-electron chi connectivity index (χ2n) is 6.60. The van der Waals surface area contributed by atoms with Gasteiger partial charge in [-0.05, 0) is 48.5 Å². The summed E-state index contributed by atoms with van der Waals surface area (Å²) in [5, 5.41) is 9.30. The van der Waals surface area contributed by atoms with E-state index in [-0.39, 0.29) is 18.2 Å². The van der Waals surface area contributed by atoms with Gasteiger partial charge in [0, 0.05) is 12.0 Å². The van der Waals surface area contributed by atoms with Crippen LogP contribution in [-0.4, -0.2) is 29.2 Å². The molecule has 0 radical (unpaired) electrons. The number of thioether (sulfide) groups is 1. The summed E-state index contributed by atoms with van der Waals surface area (Å²) < 4.78 is 5.18. The quantitative estimate of drug-likeness (QED) is 0.585. The Labute approximate surface area is 178 Å². The number of carbonyl (C=O) groups excluding carboxylic acids is 2. The number of imide groups is 1. The van der Waals surface area contributed by atoms with E-state index in [9.17, 15) is 14.9 Å². The fourth-order valence-electron chi connectivity index (χ4n) is 3.22. The Hall–Kier alpha value is -3.63. The Morgan fingerprint density at radius 3 is 2.47 bits per heavy atom. The van der Waals surface area contributed by atoms with Crippen molar-refractivity contribution in [3.05, 3.63) is 72.3 Å². The lowest BCUT2D eigenvalue weighted by molar-refractivity contribution is -0.121. The minimum Gasteiger partial charge on any atom is -0.497 e. The molecule has 6 nitrogen and oxygen atoms in total. The van der Waals surface area contributed by atoms with Gasteiger partial charge in [-0.25, -0.2) is 9.88 Å². The molecule has 1 aliphatic heterocycles. The minimum atomic E-state index is -0.622. The van der Waals surface area contributed by atoms with E-state index in [1.807, 2.05) is 30.3 Å². The molecule has 30 heavy (non-hydrogen) atoms. The molecule has 0 saturated carbocycles. The Balaban J connectivity index is 1.61. The highest BCUT2D eigenvalue weighted by Crippen LogP contribution is 2.35. The SMILES string of the molecule is COc1ccc(-c2ccc(C#N)c(S[C@@H]3CC(=O)N(c4ccccc4)C3=O)n2)cc1. The minimum absolute atomic E-state index is 0.0672. The Morgan fingerprint density at radius 2 is 1.80 bits per heavy atom. The molecule has 4 rings (SSSR count). The van der Waals surface area contributed by atoms with Gasteiger partial charge in [0.1, 0.15) is 16.8 Å². The molecule has 1 fully saturated rings. The molecule has 7 heteroatoms. The first-order chi connectivity index (χ1) is 14.6. The summed E-state index contributed by atoms with van der Waals surface area (Å²) >= 11 is 1.16. The van der Waals surface area contributed by atoms with Crippen molar-refractivity contribution < 1.29 is 14.3 Å². The number of hydrogen-bond donors (Lipinski definition) is 0. The summed E-state index contributed by atoms with van der Waals surface area (Å²) in [6.45, 7) is 0. The molecule has 1 aromatic heterocycles. The molecule has 1 atom stereocenters. The maximum Gasteiger partial charge on any atom is 0.247 e. The Bertz CT molecular complexity index is 1140. The van der Waals surface area contributed by atoms with E-state index < -0.39 is 5.25 Å². The van der Waals surface area contributed by atoms with E-state index in [0.717, 1.165) is 23.1 Å². The second kappa shape index (κ2) is 8.39. The van der Waals surface area contributed by atoms with Gasteiger partial charge in [0.05, 0.1) is 29.3 Å². The van der Waals surface area contributed by atoms with Gasteiger partial charge in [-0.1, -0.05) is 30.0 Å². The molecule has 0 unspecified atom stereocenters. The maximum absolute atomic E-state index is 12.9. The topological polar surface area (TPSA) is 83.3 Å². The lowest BCUT2D eigenvalue weighted by Gasteiger charge is -2.15. The van der Waals surface area contributed by atoms with Gasteiger partial charge >= 0.3 is 0 Å². The van der Waals surface area contributed by atoms with E-state index in [1.165, 1.54) is 4.90 Å². The molecule has 1 saturated heterocycles. The third-order valence-corrected chi connectivity index (χ3v) is 5.93. The lowest BCUT2D eigenvalue weighted by atomic mass is 10.1. The monoisotopic (exact) mass is 415 g/mol. The van der Waals surface area contributed by atoms with Gasteiger partial charge in [-0.2, -0.15) is 5.26 Å². The normalized spacial score (nSPS) is 15.9. The number of nitriles is 1. The summed E-state index contributed by atoms with van der Waals surface area (Å²) in [6.07, 6.45) is 0.0672. The second-order valence-corrected chi connectivity index (χ2v) is 7.79. The number of amides is 2. The van der Waals surface area contributed by atoms with Crippen molar-refractivity contribution in [2.24, 2.45) is 0 Å². The van der Waals surface area contributed by atoms with E-state index in [4.69, 9.17) is 4.74 Å². The van der Waals surface area contributed by atoms with Crippen LogP contribution in [0.5, 0.6) is 5.75 Å². The first kappa shape index (κ1) is 19.7. The van der Waals surface area contributed by atoms with Gasteiger partial charge in [-0.15, -0.1) is 0 Å². The fraction of sp³-hybridized carbons (Fsp3) is 0.130. The summed E-state index contributed by atoms with van der Waals surface area (Å²) in [5.74, 6) is 0.184. The van der Waals surface area contributed by atoms with Crippen LogP contribution in [0.1, 0.15) is 12.0 Å². The molecule has 2 heterocycles. The van der Waals surface area contributed by atoms with Crippen molar-refractivity contribution in [3.8, 4) is 23.1 Å². The van der Waals surface area contributed by atoms with Crippen LogP contribution in [0.3, 0.4) is 0 Å². The van der Waals surface area contributed by atoms with Crippen molar-refractivity contribution in [3.63, 3.8) is 0 Å². The zero-order chi connectivity index (χ0) is 21.1. The number of aromatic nitrogens is 1. The van der Waals surface area contributed by atoms with Crippen LogP contribution >= 0.6 is 11.8 Å². The molecular weight excluding hydrogens is 398 g/mol. The molecule has 0 spiro atoms. The number of anilines is 1. The van der Waals surface area contributed by atoms with Crippen molar-refractivity contribution in [2.75, 3.05) is 12.0 Å².